The van der Waals surface area contributed by atoms with Crippen LogP contribution in [0.3, 0.4) is 0 Å². The van der Waals surface area contributed by atoms with Gasteiger partial charge in [-0.1, -0.05) is 171 Å². The minimum atomic E-state index is -0.0247. The van der Waals surface area contributed by atoms with Crippen LogP contribution in [0, 0.1) is 0 Å². The topological polar surface area (TPSA) is 6.48 Å². The Kier molecular flexibility index (Phi) is 10.0. The van der Waals surface area contributed by atoms with Crippen LogP contribution in [0.15, 0.2) is 109 Å². The van der Waals surface area contributed by atoms with E-state index in [4.69, 9.17) is 0 Å². The van der Waals surface area contributed by atoms with Gasteiger partial charge in [-0.25, -0.2) is 0 Å². The molecule has 2 aliphatic heterocycles. The molecule has 0 unspecified atom stereocenters. The number of fused-ring (bicyclic) bond motifs is 6. The van der Waals surface area contributed by atoms with E-state index in [1.165, 1.54) is 126 Å². The monoisotopic (exact) mass is 871 g/mol. The fourth-order valence-corrected chi connectivity index (χ4v) is 12.2. The lowest BCUT2D eigenvalue weighted by Gasteiger charge is -2.48. The minimum absolute atomic E-state index is 0.00432. The van der Waals surface area contributed by atoms with E-state index in [1.807, 2.05) is 0 Å². The number of rotatable bonds is 4. The van der Waals surface area contributed by atoms with Gasteiger partial charge in [0, 0.05) is 34.0 Å². The van der Waals surface area contributed by atoms with Gasteiger partial charge in [0.15, 0.2) is 0 Å². The van der Waals surface area contributed by atoms with Crippen LogP contribution in [0.1, 0.15) is 181 Å². The van der Waals surface area contributed by atoms with Gasteiger partial charge in [0.1, 0.15) is 0 Å². The van der Waals surface area contributed by atoms with Gasteiger partial charge >= 0.3 is 0 Å². The maximum atomic E-state index is 2.73. The van der Waals surface area contributed by atoms with Crippen molar-refractivity contribution in [3.05, 3.63) is 148 Å². The molecule has 0 radical (unpaired) electrons. The number of hydrogen-bond donors (Lipinski definition) is 0. The van der Waals surface area contributed by atoms with Crippen LogP contribution >= 0.6 is 0 Å². The van der Waals surface area contributed by atoms with Crippen LogP contribution in [0.4, 0.5) is 34.1 Å². The van der Waals surface area contributed by atoms with Crippen molar-refractivity contribution >= 4 is 57.2 Å². The molecular weight excluding hydrogens is 796 g/mol. The average molecular weight is 871 g/mol. The zero-order chi connectivity index (χ0) is 47.3. The second kappa shape index (κ2) is 14.7. The molecular formula is C63H75BN2. The van der Waals surface area contributed by atoms with Crippen LogP contribution in [-0.4, -0.2) is 6.71 Å². The Labute approximate surface area is 399 Å². The first-order valence-corrected chi connectivity index (χ1v) is 25.2. The molecule has 2 heterocycles. The molecule has 4 aliphatic rings. The van der Waals surface area contributed by atoms with Crippen LogP contribution in [0.5, 0.6) is 0 Å². The van der Waals surface area contributed by atoms with Gasteiger partial charge in [-0.2, -0.15) is 0 Å². The average Bonchev–Trinajstić information content (AvgIpc) is 3.25. The fourth-order valence-electron chi connectivity index (χ4n) is 12.2. The fraction of sp³-hybridized carbons (Fsp3) is 0.429. The van der Waals surface area contributed by atoms with Crippen molar-refractivity contribution in [2.24, 2.45) is 0 Å². The summed E-state index contributed by atoms with van der Waals surface area (Å²) in [5, 5.41) is 0. The predicted octanol–water partition coefficient (Wildman–Crippen LogP) is 15.9. The summed E-state index contributed by atoms with van der Waals surface area (Å²) in [7, 11) is 0. The molecule has 0 aromatic heterocycles. The van der Waals surface area contributed by atoms with E-state index in [9.17, 15) is 0 Å². The summed E-state index contributed by atoms with van der Waals surface area (Å²) in [6, 6.07) is 44.0. The predicted molar refractivity (Wildman–Crippen MR) is 288 cm³/mol. The van der Waals surface area contributed by atoms with E-state index in [0.717, 1.165) is 0 Å². The summed E-state index contributed by atoms with van der Waals surface area (Å²) in [5.41, 5.74) is 24.9. The van der Waals surface area contributed by atoms with E-state index < -0.39 is 0 Å². The molecule has 0 fully saturated rings. The molecule has 2 nitrogen and oxygen atoms in total. The third-order valence-electron chi connectivity index (χ3n) is 16.9. The van der Waals surface area contributed by atoms with Gasteiger partial charge in [-0.3, -0.25) is 0 Å². The van der Waals surface area contributed by atoms with Crippen molar-refractivity contribution in [2.75, 3.05) is 9.80 Å². The summed E-state index contributed by atoms with van der Waals surface area (Å²) in [4.78, 5) is 5.40. The third kappa shape index (κ3) is 7.03. The van der Waals surface area contributed by atoms with Crippen molar-refractivity contribution in [1.82, 2.24) is 0 Å². The Morgan fingerprint density at radius 2 is 0.955 bits per heavy atom. The first-order chi connectivity index (χ1) is 30.8. The van der Waals surface area contributed by atoms with Crippen LogP contribution in [0.25, 0.3) is 11.1 Å². The normalized spacial score (nSPS) is 18.6. The minimum Gasteiger partial charge on any atom is -0.311 e. The Balaban J connectivity index is 1.36. The van der Waals surface area contributed by atoms with Crippen molar-refractivity contribution in [2.45, 2.75) is 175 Å². The molecule has 6 aromatic carbocycles. The summed E-state index contributed by atoms with van der Waals surface area (Å²) in [5.74, 6) is 0.322. The lowest BCUT2D eigenvalue weighted by atomic mass is 9.33. The molecule has 3 heteroatoms. The molecule has 2 aliphatic carbocycles. The smallest absolute Gasteiger partial charge is 0.252 e. The Morgan fingerprint density at radius 1 is 0.455 bits per heavy atom. The lowest BCUT2D eigenvalue weighted by molar-refractivity contribution is 0.332. The first kappa shape index (κ1) is 44.8. The molecule has 0 bridgehead atoms. The molecule has 0 amide bonds. The zero-order valence-electron chi connectivity index (χ0n) is 43.3. The molecule has 0 saturated heterocycles. The number of hydrogen-bond acceptors (Lipinski definition) is 2. The molecule has 10 rings (SSSR count). The van der Waals surface area contributed by atoms with E-state index >= 15 is 0 Å². The Morgan fingerprint density at radius 3 is 1.53 bits per heavy atom. The second-order valence-corrected chi connectivity index (χ2v) is 25.8. The maximum Gasteiger partial charge on any atom is 0.252 e. The van der Waals surface area contributed by atoms with Gasteiger partial charge < -0.3 is 9.80 Å². The zero-order valence-corrected chi connectivity index (χ0v) is 43.3. The number of benzene rings is 6. The highest BCUT2D eigenvalue weighted by atomic mass is 15.2. The van der Waals surface area contributed by atoms with Crippen LogP contribution in [-0.2, 0) is 32.5 Å². The lowest BCUT2D eigenvalue weighted by Crippen LogP contribution is -2.62. The highest BCUT2D eigenvalue weighted by molar-refractivity contribution is 7.00. The second-order valence-electron chi connectivity index (χ2n) is 25.8. The Bertz CT molecular complexity index is 2930. The van der Waals surface area contributed by atoms with E-state index in [2.05, 4.69) is 230 Å². The summed E-state index contributed by atoms with van der Waals surface area (Å²) >= 11 is 0. The van der Waals surface area contributed by atoms with Crippen LogP contribution < -0.4 is 26.2 Å². The van der Waals surface area contributed by atoms with E-state index in [0.29, 0.717) is 5.92 Å². The first-order valence-electron chi connectivity index (χ1n) is 25.2. The number of anilines is 6. The van der Waals surface area contributed by atoms with E-state index in [1.54, 1.807) is 0 Å². The molecule has 340 valence electrons. The summed E-state index contributed by atoms with van der Waals surface area (Å²) in [6.45, 7) is 38.8. The highest BCUT2D eigenvalue weighted by Crippen LogP contribution is 2.54. The van der Waals surface area contributed by atoms with Crippen molar-refractivity contribution in [3.8, 4) is 11.1 Å². The van der Waals surface area contributed by atoms with Gasteiger partial charge in [0.2, 0.25) is 0 Å². The van der Waals surface area contributed by atoms with Gasteiger partial charge in [0.05, 0.1) is 5.69 Å². The van der Waals surface area contributed by atoms with Crippen molar-refractivity contribution in [1.29, 1.82) is 0 Å². The maximum absolute atomic E-state index is 2.73. The molecule has 0 atom stereocenters. The van der Waals surface area contributed by atoms with E-state index in [-0.39, 0.29) is 39.2 Å². The SMILES string of the molecule is CC(C)c1cc2c3c(c1)N(c1ccc(C(C)(C)C)cc1-c1ccccc1)c1ccc(C(C)(C)C)cc1B3c1cc3c(cc1N2c1ccc2c(c1)C(C)(C)CCC2(C)C)C(C)(C)CCC3(C)C. The van der Waals surface area contributed by atoms with Gasteiger partial charge in [0.25, 0.3) is 6.71 Å². The third-order valence-corrected chi connectivity index (χ3v) is 16.9. The van der Waals surface area contributed by atoms with Crippen LogP contribution in [0.2, 0.25) is 0 Å². The molecule has 0 saturated carbocycles. The summed E-state index contributed by atoms with van der Waals surface area (Å²) < 4.78 is 0. The number of nitrogens with zero attached hydrogens (tertiary/aromatic N) is 2. The molecule has 0 spiro atoms. The molecule has 6 aromatic rings. The molecule has 0 N–H and O–H groups in total. The summed E-state index contributed by atoms with van der Waals surface area (Å²) in [6.07, 6.45) is 4.75. The standard InChI is InChI=1S/C63H75BN2/c1-39(2)41-32-55-57-56(33-41)66(52-26-22-42(58(3,4)5)34-45(52)40-20-18-17-19-21-40)53-27-23-43(59(6,7)8)35-50(53)64(57)51-37-48-49(63(15,16)31-30-62(48,13)14)38-54(51)65(55)44-24-25-46-47(36-44)61(11,12)29-28-60(46,9)10/h17-27,32-39H,28-31H2,1-16H3. The molecule has 66 heavy (non-hydrogen) atoms. The highest BCUT2D eigenvalue weighted by Gasteiger charge is 2.48. The van der Waals surface area contributed by atoms with Gasteiger partial charge in [-0.15, -0.1) is 0 Å². The largest absolute Gasteiger partial charge is 0.311 e. The quantitative estimate of drug-likeness (QED) is 0.163. The Hall–Kier alpha value is -5.02. The van der Waals surface area contributed by atoms with Gasteiger partial charge in [-0.05, 0) is 174 Å². The van der Waals surface area contributed by atoms with Crippen molar-refractivity contribution in [3.63, 3.8) is 0 Å². The van der Waals surface area contributed by atoms with Crippen molar-refractivity contribution < 1.29 is 0 Å².